The van der Waals surface area contributed by atoms with Crippen molar-refractivity contribution in [1.82, 2.24) is 9.55 Å². The smallest absolute Gasteiger partial charge is 0.0571 e. The van der Waals surface area contributed by atoms with Gasteiger partial charge in [-0.3, -0.25) is 0 Å². The highest BCUT2D eigenvalue weighted by atomic mass is 15.0. The number of rotatable bonds is 4. The molecule has 0 amide bonds. The fraction of sp³-hybridized carbons (Fsp3) is 0.0370. The second-order valence-electron chi connectivity index (χ2n) is 15.1. The van der Waals surface area contributed by atoms with Crippen LogP contribution in [-0.2, 0) is 6.54 Å². The van der Waals surface area contributed by atoms with Crippen molar-refractivity contribution in [3.63, 3.8) is 0 Å². The molecule has 0 aliphatic heterocycles. The highest BCUT2D eigenvalue weighted by Crippen LogP contribution is 2.48. The molecule has 0 aliphatic carbocycles. The Morgan fingerprint density at radius 1 is 0.375 bits per heavy atom. The van der Waals surface area contributed by atoms with Crippen molar-refractivity contribution in [1.29, 1.82) is 0 Å². The van der Waals surface area contributed by atoms with Gasteiger partial charge in [0.05, 0.1) is 11.0 Å². The van der Waals surface area contributed by atoms with Gasteiger partial charge in [-0.15, -0.1) is 0 Å². The quantitative estimate of drug-likeness (QED) is 0.139. The summed E-state index contributed by atoms with van der Waals surface area (Å²) < 4.78 is 2.50. The third kappa shape index (κ3) is 4.33. The van der Waals surface area contributed by atoms with E-state index in [1.165, 1.54) is 115 Å². The summed E-state index contributed by atoms with van der Waals surface area (Å²) in [5.74, 6) is 0. The average molecular weight is 713 g/mol. The summed E-state index contributed by atoms with van der Waals surface area (Å²) in [4.78, 5) is 3.82. The summed E-state index contributed by atoms with van der Waals surface area (Å²) >= 11 is 0. The van der Waals surface area contributed by atoms with Gasteiger partial charge in [-0.1, -0.05) is 158 Å². The average Bonchev–Trinajstić information content (AvgIpc) is 3.81. The van der Waals surface area contributed by atoms with Crippen molar-refractivity contribution < 1.29 is 0 Å². The Kier molecular flexibility index (Phi) is 6.64. The Morgan fingerprint density at radius 3 is 1.70 bits per heavy atom. The van der Waals surface area contributed by atoms with Crippen LogP contribution < -0.4 is 0 Å². The second-order valence-corrected chi connectivity index (χ2v) is 15.1. The summed E-state index contributed by atoms with van der Waals surface area (Å²) in [6.45, 7) is 3.15. The van der Waals surface area contributed by atoms with Gasteiger partial charge in [0.2, 0.25) is 0 Å². The molecule has 0 unspecified atom stereocenters. The van der Waals surface area contributed by atoms with Crippen LogP contribution in [0, 0.1) is 0 Å². The fourth-order valence-electron chi connectivity index (χ4n) is 9.94. The number of para-hydroxylation sites is 4. The summed E-state index contributed by atoms with van der Waals surface area (Å²) in [6.07, 6.45) is 0. The first-order valence-electron chi connectivity index (χ1n) is 19.7. The molecule has 2 nitrogen and oxygen atoms in total. The highest BCUT2D eigenvalue weighted by Gasteiger charge is 2.21. The van der Waals surface area contributed by atoms with Crippen molar-refractivity contribution in [3.05, 3.63) is 182 Å². The van der Waals surface area contributed by atoms with Gasteiger partial charge in [0.15, 0.2) is 0 Å². The van der Waals surface area contributed by atoms with Gasteiger partial charge in [-0.25, -0.2) is 0 Å². The minimum atomic E-state index is 0.891. The van der Waals surface area contributed by atoms with E-state index in [1.54, 1.807) is 0 Å². The van der Waals surface area contributed by atoms with Gasteiger partial charge in [-0.2, -0.15) is 0 Å². The molecule has 0 radical (unpaired) electrons. The summed E-state index contributed by atoms with van der Waals surface area (Å²) in [5.41, 5.74) is 12.4. The maximum atomic E-state index is 3.82. The maximum absolute atomic E-state index is 3.82. The van der Waals surface area contributed by atoms with Crippen LogP contribution in [0.4, 0.5) is 0 Å². The molecule has 0 atom stereocenters. The largest absolute Gasteiger partial charge is 0.354 e. The summed E-state index contributed by atoms with van der Waals surface area (Å²) in [6, 6.07) is 67.7. The van der Waals surface area contributed by atoms with E-state index in [9.17, 15) is 0 Å². The lowest BCUT2D eigenvalue weighted by atomic mass is 9.84. The number of aromatic nitrogens is 2. The zero-order valence-electron chi connectivity index (χ0n) is 31.0. The first kappa shape index (κ1) is 31.2. The SMILES string of the molecule is CCn1c2ccccc2c2cccc(-c3cccc4c(-c5cc6ccccc6c6ccccc56)c5cccc(-c6cccc7c6[nH]c6ccccc67)c5cc34)c21. The van der Waals surface area contributed by atoms with Gasteiger partial charge in [-0.05, 0) is 96.5 Å². The maximum Gasteiger partial charge on any atom is 0.0571 e. The van der Waals surface area contributed by atoms with E-state index in [4.69, 9.17) is 0 Å². The molecule has 56 heavy (non-hydrogen) atoms. The Bertz CT molecular complexity index is 3580. The van der Waals surface area contributed by atoms with Crippen LogP contribution in [0.5, 0.6) is 0 Å². The van der Waals surface area contributed by atoms with Crippen LogP contribution in [0.15, 0.2) is 182 Å². The molecule has 2 heteroatoms. The molecule has 0 bridgehead atoms. The van der Waals surface area contributed by atoms with Crippen molar-refractivity contribution in [2.24, 2.45) is 0 Å². The number of aromatic amines is 1. The Hall–Kier alpha value is -7.16. The van der Waals surface area contributed by atoms with Crippen LogP contribution in [0.25, 0.3) is 120 Å². The van der Waals surface area contributed by atoms with Crippen LogP contribution in [0.3, 0.4) is 0 Å². The molecule has 2 heterocycles. The number of fused-ring (bicyclic) bond motifs is 11. The van der Waals surface area contributed by atoms with Gasteiger partial charge in [0.1, 0.15) is 0 Å². The molecule has 12 aromatic rings. The molecular formula is C54H36N2. The number of H-pyrrole nitrogens is 1. The zero-order chi connectivity index (χ0) is 36.9. The lowest BCUT2D eigenvalue weighted by molar-refractivity contribution is 0.828. The topological polar surface area (TPSA) is 20.7 Å². The Morgan fingerprint density at radius 2 is 0.929 bits per heavy atom. The normalized spacial score (nSPS) is 12.1. The van der Waals surface area contributed by atoms with Crippen molar-refractivity contribution >= 4 is 86.7 Å². The minimum absolute atomic E-state index is 0.891. The van der Waals surface area contributed by atoms with Crippen molar-refractivity contribution in [2.75, 3.05) is 0 Å². The molecule has 0 spiro atoms. The zero-order valence-corrected chi connectivity index (χ0v) is 31.0. The van der Waals surface area contributed by atoms with Crippen LogP contribution in [-0.4, -0.2) is 9.55 Å². The third-order valence-electron chi connectivity index (χ3n) is 12.3. The van der Waals surface area contributed by atoms with Gasteiger partial charge in [0, 0.05) is 50.2 Å². The molecule has 0 saturated carbocycles. The predicted octanol–water partition coefficient (Wildman–Crippen LogP) is 15.1. The molecule has 262 valence electrons. The molecule has 12 rings (SSSR count). The Balaban J connectivity index is 1.27. The molecule has 0 saturated heterocycles. The number of nitrogens with one attached hydrogen (secondary N) is 1. The van der Waals surface area contributed by atoms with E-state index < -0.39 is 0 Å². The van der Waals surface area contributed by atoms with E-state index in [2.05, 4.69) is 198 Å². The highest BCUT2D eigenvalue weighted by molar-refractivity contribution is 6.26. The van der Waals surface area contributed by atoms with E-state index >= 15 is 0 Å². The number of hydrogen-bond acceptors (Lipinski definition) is 0. The monoisotopic (exact) mass is 712 g/mol. The van der Waals surface area contributed by atoms with Gasteiger partial charge >= 0.3 is 0 Å². The molecule has 1 N–H and O–H groups in total. The second kappa shape index (κ2) is 11.9. The Labute approximate surface area is 323 Å². The lowest BCUT2D eigenvalue weighted by Gasteiger charge is -2.20. The molecular weight excluding hydrogens is 677 g/mol. The molecule has 10 aromatic carbocycles. The van der Waals surface area contributed by atoms with Crippen LogP contribution in [0.2, 0.25) is 0 Å². The number of nitrogens with zero attached hydrogens (tertiary/aromatic N) is 1. The van der Waals surface area contributed by atoms with E-state index in [0.29, 0.717) is 0 Å². The summed E-state index contributed by atoms with van der Waals surface area (Å²) in [7, 11) is 0. The molecule has 0 aliphatic rings. The lowest BCUT2D eigenvalue weighted by Crippen LogP contribution is -1.96. The summed E-state index contributed by atoms with van der Waals surface area (Å²) in [5, 5.41) is 15.2. The van der Waals surface area contributed by atoms with E-state index in [1.807, 2.05) is 0 Å². The van der Waals surface area contributed by atoms with Gasteiger partial charge in [0.25, 0.3) is 0 Å². The van der Waals surface area contributed by atoms with E-state index in [-0.39, 0.29) is 0 Å². The molecule has 2 aromatic heterocycles. The van der Waals surface area contributed by atoms with Crippen molar-refractivity contribution in [2.45, 2.75) is 13.5 Å². The first-order chi connectivity index (χ1) is 27.8. The minimum Gasteiger partial charge on any atom is -0.354 e. The fourth-order valence-corrected chi connectivity index (χ4v) is 9.94. The number of aryl methyl sites for hydroxylation is 1. The van der Waals surface area contributed by atoms with Crippen LogP contribution in [0.1, 0.15) is 6.92 Å². The number of benzene rings is 10. The number of hydrogen-bond donors (Lipinski definition) is 1. The molecule has 0 fully saturated rings. The predicted molar refractivity (Wildman–Crippen MR) is 241 cm³/mol. The third-order valence-corrected chi connectivity index (χ3v) is 12.3. The van der Waals surface area contributed by atoms with Crippen molar-refractivity contribution in [3.8, 4) is 33.4 Å². The van der Waals surface area contributed by atoms with E-state index in [0.717, 1.165) is 12.1 Å². The van der Waals surface area contributed by atoms with Crippen LogP contribution >= 0.6 is 0 Å². The van der Waals surface area contributed by atoms with Gasteiger partial charge < -0.3 is 9.55 Å². The first-order valence-corrected chi connectivity index (χ1v) is 19.7. The standard InChI is InChI=1S/C54H36N2/c1-2-56-51-30-10-8-20-40(51)46-28-14-27-45(54(46)56)38-22-12-24-42-48(38)32-47-37(43-25-13-26-44-39-19-7-9-29-50(39)55-53(43)44)21-11-23-41(47)52(42)49-31-33-15-3-4-16-34(33)35-17-5-6-18-36(35)49/h3-32,55H,2H2,1H3.